The van der Waals surface area contributed by atoms with Gasteiger partial charge in [-0.3, -0.25) is 0 Å². The van der Waals surface area contributed by atoms with Crippen molar-refractivity contribution in [3.8, 4) is 16.2 Å². The van der Waals surface area contributed by atoms with E-state index in [0.717, 1.165) is 41.0 Å². The third kappa shape index (κ3) is 2.63. The number of thiophene rings is 1. The van der Waals surface area contributed by atoms with Crippen LogP contribution in [0.25, 0.3) is 10.4 Å². The molecule has 0 saturated carbocycles. The highest BCUT2D eigenvalue weighted by Crippen LogP contribution is 2.45. The van der Waals surface area contributed by atoms with E-state index in [1.54, 1.807) is 18.4 Å². The van der Waals surface area contributed by atoms with E-state index in [9.17, 15) is 9.90 Å². The Morgan fingerprint density at radius 3 is 2.55 bits per heavy atom. The predicted molar refractivity (Wildman–Crippen MR) is 89.1 cm³/mol. The molecule has 2 aromatic rings. The van der Waals surface area contributed by atoms with Crippen molar-refractivity contribution in [1.82, 2.24) is 0 Å². The number of ether oxygens (including phenoxy) is 1. The van der Waals surface area contributed by atoms with Gasteiger partial charge in [0.05, 0.1) is 12.7 Å². The number of fused-ring (bicyclic) bond motifs is 1. The molecule has 1 aromatic heterocycles. The maximum atomic E-state index is 11.8. The van der Waals surface area contributed by atoms with Crippen LogP contribution in [0.15, 0.2) is 24.3 Å². The molecule has 0 fully saturated rings. The molecule has 3 rings (SSSR count). The first kappa shape index (κ1) is 15.1. The molecule has 0 bridgehead atoms. The van der Waals surface area contributed by atoms with Gasteiger partial charge in [0.2, 0.25) is 0 Å². The molecule has 0 atom stereocenters. The molecule has 4 heteroatoms. The second-order valence-electron chi connectivity index (χ2n) is 6.58. The minimum atomic E-state index is -0.819. The number of aryl methyl sites for hydroxylation is 1. The van der Waals surface area contributed by atoms with Gasteiger partial charge in [-0.25, -0.2) is 4.79 Å². The molecule has 22 heavy (non-hydrogen) atoms. The maximum absolute atomic E-state index is 11.8. The average molecular weight is 316 g/mol. The zero-order chi connectivity index (χ0) is 15.9. The van der Waals surface area contributed by atoms with Gasteiger partial charge >= 0.3 is 5.97 Å². The number of carboxylic acids is 1. The first-order chi connectivity index (χ1) is 10.4. The second kappa shape index (κ2) is 5.43. The fourth-order valence-corrected chi connectivity index (χ4v) is 4.41. The Kier molecular flexibility index (Phi) is 3.73. The highest BCUT2D eigenvalue weighted by Gasteiger charge is 2.32. The Hall–Kier alpha value is -1.81. The largest absolute Gasteiger partial charge is 0.497 e. The summed E-state index contributed by atoms with van der Waals surface area (Å²) in [6.07, 6.45) is 2.93. The van der Waals surface area contributed by atoms with Crippen molar-refractivity contribution in [2.24, 2.45) is 5.41 Å². The van der Waals surface area contributed by atoms with Gasteiger partial charge in [-0.2, -0.15) is 0 Å². The predicted octanol–water partition coefficient (Wildman–Crippen LogP) is 4.64. The molecule has 1 aliphatic rings. The zero-order valence-corrected chi connectivity index (χ0v) is 13.9. The van der Waals surface area contributed by atoms with E-state index < -0.39 is 5.97 Å². The molecule has 3 nitrogen and oxygen atoms in total. The Bertz CT molecular complexity index is 711. The number of aromatic carboxylic acids is 1. The molecule has 0 amide bonds. The van der Waals surface area contributed by atoms with Crippen molar-refractivity contribution in [2.45, 2.75) is 33.1 Å². The molecule has 0 unspecified atom stereocenters. The molecular weight excluding hydrogens is 296 g/mol. The van der Waals surface area contributed by atoms with Crippen molar-refractivity contribution >= 4 is 17.3 Å². The van der Waals surface area contributed by atoms with Crippen LogP contribution >= 0.6 is 11.3 Å². The standard InChI is InChI=1S/C18H20O3S/c1-18(2)9-8-14-13(10-18)15(17(19)20)16(22-14)11-4-6-12(21-3)7-5-11/h4-7H,8-10H2,1-3H3,(H,19,20). The van der Waals surface area contributed by atoms with Crippen LogP contribution in [-0.2, 0) is 12.8 Å². The molecule has 1 N–H and O–H groups in total. The third-order valence-corrected chi connectivity index (χ3v) is 5.68. The fraction of sp³-hybridized carbons (Fsp3) is 0.389. The highest BCUT2D eigenvalue weighted by molar-refractivity contribution is 7.16. The average Bonchev–Trinajstić information content (AvgIpc) is 2.84. The van der Waals surface area contributed by atoms with Crippen LogP contribution in [0.3, 0.4) is 0 Å². The van der Waals surface area contributed by atoms with Crippen LogP contribution in [0.4, 0.5) is 0 Å². The maximum Gasteiger partial charge on any atom is 0.337 e. The van der Waals surface area contributed by atoms with E-state index in [-0.39, 0.29) is 5.41 Å². The molecule has 0 aliphatic heterocycles. The van der Waals surface area contributed by atoms with Crippen LogP contribution in [0.5, 0.6) is 5.75 Å². The monoisotopic (exact) mass is 316 g/mol. The normalized spacial score (nSPS) is 16.1. The van der Waals surface area contributed by atoms with Gasteiger partial charge in [-0.05, 0) is 60.1 Å². The molecule has 1 aliphatic carbocycles. The van der Waals surface area contributed by atoms with E-state index in [0.29, 0.717) is 5.56 Å². The number of carbonyl (C=O) groups is 1. The van der Waals surface area contributed by atoms with Crippen molar-refractivity contribution in [2.75, 3.05) is 7.11 Å². The number of benzene rings is 1. The number of hydrogen-bond donors (Lipinski definition) is 1. The first-order valence-corrected chi connectivity index (χ1v) is 8.25. The lowest BCUT2D eigenvalue weighted by molar-refractivity contribution is 0.0696. The van der Waals surface area contributed by atoms with Crippen LogP contribution in [-0.4, -0.2) is 18.2 Å². The smallest absolute Gasteiger partial charge is 0.337 e. The molecule has 1 aromatic carbocycles. The van der Waals surface area contributed by atoms with Gasteiger partial charge in [0, 0.05) is 9.75 Å². The van der Waals surface area contributed by atoms with Crippen molar-refractivity contribution < 1.29 is 14.6 Å². The lowest BCUT2D eigenvalue weighted by atomic mass is 9.76. The van der Waals surface area contributed by atoms with Gasteiger partial charge in [-0.1, -0.05) is 13.8 Å². The van der Waals surface area contributed by atoms with E-state index in [1.165, 1.54) is 4.88 Å². The summed E-state index contributed by atoms with van der Waals surface area (Å²) in [5.41, 5.74) is 2.67. The molecule has 0 spiro atoms. The zero-order valence-electron chi connectivity index (χ0n) is 13.1. The minimum Gasteiger partial charge on any atom is -0.497 e. The quantitative estimate of drug-likeness (QED) is 0.897. The van der Waals surface area contributed by atoms with E-state index >= 15 is 0 Å². The Balaban J connectivity index is 2.12. The summed E-state index contributed by atoms with van der Waals surface area (Å²) in [6.45, 7) is 4.43. The summed E-state index contributed by atoms with van der Waals surface area (Å²) in [6, 6.07) is 7.63. The molecule has 0 radical (unpaired) electrons. The molecule has 116 valence electrons. The highest BCUT2D eigenvalue weighted by atomic mass is 32.1. The SMILES string of the molecule is COc1ccc(-c2sc3c(c2C(=O)O)CC(C)(C)CC3)cc1. The second-order valence-corrected chi connectivity index (χ2v) is 7.69. The van der Waals surface area contributed by atoms with E-state index in [2.05, 4.69) is 13.8 Å². The molecule has 1 heterocycles. The number of methoxy groups -OCH3 is 1. The van der Waals surface area contributed by atoms with Gasteiger partial charge in [-0.15, -0.1) is 11.3 Å². The summed E-state index contributed by atoms with van der Waals surface area (Å²) in [5.74, 6) is -0.0379. The van der Waals surface area contributed by atoms with E-state index in [4.69, 9.17) is 4.74 Å². The van der Waals surface area contributed by atoms with Gasteiger partial charge in [0.15, 0.2) is 0 Å². The Morgan fingerprint density at radius 2 is 1.95 bits per heavy atom. The summed E-state index contributed by atoms with van der Waals surface area (Å²) < 4.78 is 5.18. The van der Waals surface area contributed by atoms with Crippen molar-refractivity contribution in [3.05, 3.63) is 40.3 Å². The van der Waals surface area contributed by atoms with E-state index in [1.807, 2.05) is 24.3 Å². The number of rotatable bonds is 3. The fourth-order valence-electron chi connectivity index (χ4n) is 3.09. The first-order valence-electron chi connectivity index (χ1n) is 7.43. The van der Waals surface area contributed by atoms with Crippen molar-refractivity contribution in [3.63, 3.8) is 0 Å². The van der Waals surface area contributed by atoms with Crippen LogP contribution < -0.4 is 4.74 Å². The van der Waals surface area contributed by atoms with Gasteiger partial charge < -0.3 is 9.84 Å². The third-order valence-electron chi connectivity index (χ3n) is 4.34. The Labute approximate surface area is 134 Å². The number of carboxylic acid groups (broad SMARTS) is 1. The lowest BCUT2D eigenvalue weighted by Gasteiger charge is -2.29. The van der Waals surface area contributed by atoms with Gasteiger partial charge in [0.1, 0.15) is 5.75 Å². The summed E-state index contributed by atoms with van der Waals surface area (Å²) >= 11 is 1.64. The minimum absolute atomic E-state index is 0.176. The summed E-state index contributed by atoms with van der Waals surface area (Å²) in [4.78, 5) is 14.0. The number of hydrogen-bond acceptors (Lipinski definition) is 3. The molecule has 0 saturated heterocycles. The van der Waals surface area contributed by atoms with Crippen LogP contribution in [0.2, 0.25) is 0 Å². The van der Waals surface area contributed by atoms with Gasteiger partial charge in [0.25, 0.3) is 0 Å². The topological polar surface area (TPSA) is 46.5 Å². The van der Waals surface area contributed by atoms with Crippen LogP contribution in [0.1, 0.15) is 41.1 Å². The molecular formula is C18H20O3S. The Morgan fingerprint density at radius 1 is 1.27 bits per heavy atom. The lowest BCUT2D eigenvalue weighted by Crippen LogP contribution is -2.22. The summed E-state index contributed by atoms with van der Waals surface area (Å²) in [7, 11) is 1.63. The van der Waals surface area contributed by atoms with Crippen LogP contribution in [0, 0.1) is 5.41 Å². The van der Waals surface area contributed by atoms with Crippen molar-refractivity contribution in [1.29, 1.82) is 0 Å². The summed E-state index contributed by atoms with van der Waals surface area (Å²) in [5, 5.41) is 9.72.